The Hall–Kier alpha value is -1.94. The lowest BCUT2D eigenvalue weighted by atomic mass is 10.0. The zero-order valence-corrected chi connectivity index (χ0v) is 73.0. The highest BCUT2D eigenvalue weighted by Gasteiger charge is 2.31. The van der Waals surface area contributed by atoms with E-state index in [1.54, 1.807) is 0 Å². The van der Waals surface area contributed by atoms with Crippen molar-refractivity contribution in [1.29, 1.82) is 0 Å². The van der Waals surface area contributed by atoms with E-state index < -0.39 is 97.5 Å². The molecule has 0 aromatic heterocycles. The fourth-order valence-electron chi connectivity index (χ4n) is 14.0. The van der Waals surface area contributed by atoms with Gasteiger partial charge in [-0.25, -0.2) is 9.13 Å². The Labute approximate surface area is 664 Å². The maximum absolute atomic E-state index is 13.2. The molecule has 0 rings (SSSR count). The van der Waals surface area contributed by atoms with Gasteiger partial charge in [-0.3, -0.25) is 37.3 Å². The van der Waals surface area contributed by atoms with E-state index in [1.807, 2.05) is 0 Å². The summed E-state index contributed by atoms with van der Waals surface area (Å²) < 4.78 is 69.0. The predicted octanol–water partition coefficient (Wildman–Crippen LogP) is 27.4. The van der Waals surface area contributed by atoms with Gasteiger partial charge in [0.05, 0.1) is 26.4 Å². The van der Waals surface area contributed by atoms with Gasteiger partial charge in [0.25, 0.3) is 0 Å². The van der Waals surface area contributed by atoms with E-state index in [0.717, 1.165) is 102 Å². The third-order valence-corrected chi connectivity index (χ3v) is 22.9. The quantitative estimate of drug-likeness (QED) is 0.0222. The second-order valence-electron chi connectivity index (χ2n) is 32.9. The summed E-state index contributed by atoms with van der Waals surface area (Å²) >= 11 is 0. The lowest BCUT2D eigenvalue weighted by Crippen LogP contribution is -2.30. The van der Waals surface area contributed by atoms with Crippen LogP contribution in [0.4, 0.5) is 0 Å². The number of hydrogen-bond donors (Lipinski definition) is 3. The van der Waals surface area contributed by atoms with Crippen molar-refractivity contribution in [3.63, 3.8) is 0 Å². The van der Waals surface area contributed by atoms with Crippen molar-refractivity contribution in [3.8, 4) is 0 Å². The van der Waals surface area contributed by atoms with E-state index in [1.165, 1.54) is 295 Å². The van der Waals surface area contributed by atoms with Gasteiger partial charge < -0.3 is 33.8 Å². The van der Waals surface area contributed by atoms with Crippen molar-refractivity contribution in [2.24, 2.45) is 11.8 Å². The molecule has 0 saturated heterocycles. The summed E-state index contributed by atoms with van der Waals surface area (Å²) in [5.41, 5.74) is 0. The van der Waals surface area contributed by atoms with Gasteiger partial charge >= 0.3 is 39.5 Å². The molecule has 2 unspecified atom stereocenters. The van der Waals surface area contributed by atoms with Gasteiger partial charge in [-0.2, -0.15) is 0 Å². The van der Waals surface area contributed by atoms with Gasteiger partial charge in [0, 0.05) is 25.7 Å². The number of phosphoric ester groups is 2. The molecule has 0 spiro atoms. The lowest BCUT2D eigenvalue weighted by molar-refractivity contribution is -0.161. The molecule has 0 aliphatic carbocycles. The van der Waals surface area contributed by atoms with Crippen molar-refractivity contribution in [2.75, 3.05) is 39.6 Å². The largest absolute Gasteiger partial charge is 0.472 e. The number of aliphatic hydroxyl groups is 1. The third kappa shape index (κ3) is 82.1. The minimum Gasteiger partial charge on any atom is -0.462 e. The lowest BCUT2D eigenvalue weighted by Gasteiger charge is -2.21. The summed E-state index contributed by atoms with van der Waals surface area (Å²) in [6.07, 6.45) is 73.7. The van der Waals surface area contributed by atoms with Crippen LogP contribution in [0.3, 0.4) is 0 Å². The van der Waals surface area contributed by atoms with Gasteiger partial charge in [-0.1, -0.05) is 427 Å². The second kappa shape index (κ2) is 80.3. The monoisotopic (exact) mass is 1580 g/mol. The van der Waals surface area contributed by atoms with E-state index in [-0.39, 0.29) is 25.7 Å². The summed E-state index contributed by atoms with van der Waals surface area (Å²) in [5.74, 6) is -0.560. The topological polar surface area (TPSA) is 237 Å². The Morgan fingerprint density at radius 3 is 0.630 bits per heavy atom. The number of phosphoric acid groups is 2. The first-order chi connectivity index (χ1) is 52.4. The molecule has 0 aliphatic rings. The summed E-state index contributed by atoms with van der Waals surface area (Å²) in [6.45, 7) is 9.69. The number of unbranched alkanes of at least 4 members (excludes halogenated alkanes) is 58. The Balaban J connectivity index is 5.24. The zero-order valence-electron chi connectivity index (χ0n) is 71.2. The number of hydrogen-bond acceptors (Lipinski definition) is 15. The number of aliphatic hydroxyl groups excluding tert-OH is 1. The normalized spacial score (nSPS) is 13.8. The zero-order chi connectivity index (χ0) is 79.2. The molecular formula is C89H174O17P2. The molecule has 0 bridgehead atoms. The van der Waals surface area contributed by atoms with Crippen LogP contribution in [0.15, 0.2) is 0 Å². The average Bonchev–Trinajstić information content (AvgIpc) is 0.901. The minimum absolute atomic E-state index is 0.108. The molecule has 0 saturated carbocycles. The smallest absolute Gasteiger partial charge is 0.462 e. The highest BCUT2D eigenvalue weighted by atomic mass is 31.2. The molecule has 0 aromatic carbocycles. The van der Waals surface area contributed by atoms with Crippen LogP contribution in [-0.2, 0) is 65.4 Å². The van der Waals surface area contributed by atoms with Crippen molar-refractivity contribution in [2.45, 2.75) is 496 Å². The Bertz CT molecular complexity index is 2060. The molecule has 0 aliphatic heterocycles. The van der Waals surface area contributed by atoms with Crippen LogP contribution in [0.2, 0.25) is 0 Å². The van der Waals surface area contributed by atoms with Crippen LogP contribution in [0, 0.1) is 11.8 Å². The summed E-state index contributed by atoms with van der Waals surface area (Å²) in [7, 11) is -9.93. The standard InChI is InChI=1S/C89H174O17P2/c1-7-9-11-13-15-17-19-21-23-25-26-27-28-30-36-40-44-48-56-62-68-73-88(93)105-84(77-99-86(91)71-65-59-53-46-42-38-34-32-31-33-37-41-45-51-57-63-69-81(3)4)79-103-107(95,96)101-75-83(90)76-102-108(97,98)104-80-85(78-100-87(92)72-66-60-54-50-49-52-58-64-70-82(5)6)106-89(94)74-67-61-55-47-43-39-35-29-24-22-20-18-16-14-12-10-8-2/h81-85,90H,7-80H2,1-6H3,(H,95,96)(H,97,98)/t83-,84-,85-/m1/s1. The number of carbonyl (C=O) groups excluding carboxylic acids is 4. The van der Waals surface area contributed by atoms with Crippen LogP contribution >= 0.6 is 15.6 Å². The highest BCUT2D eigenvalue weighted by Crippen LogP contribution is 2.45. The van der Waals surface area contributed by atoms with Crippen LogP contribution in [0.5, 0.6) is 0 Å². The Kier molecular flexibility index (Phi) is 78.8. The summed E-state index contributed by atoms with van der Waals surface area (Å²) in [4.78, 5) is 73.3. The second-order valence-corrected chi connectivity index (χ2v) is 35.8. The van der Waals surface area contributed by atoms with Crippen LogP contribution < -0.4 is 0 Å². The fraction of sp³-hybridized carbons (Fsp3) is 0.955. The molecule has 0 heterocycles. The Morgan fingerprint density at radius 2 is 0.426 bits per heavy atom. The molecule has 108 heavy (non-hydrogen) atoms. The van der Waals surface area contributed by atoms with E-state index in [4.69, 9.17) is 37.0 Å². The molecule has 5 atom stereocenters. The van der Waals surface area contributed by atoms with Crippen molar-refractivity contribution < 1.29 is 80.2 Å². The van der Waals surface area contributed by atoms with Crippen LogP contribution in [0.25, 0.3) is 0 Å². The highest BCUT2D eigenvalue weighted by molar-refractivity contribution is 7.47. The van der Waals surface area contributed by atoms with Crippen LogP contribution in [-0.4, -0.2) is 96.7 Å². The fourth-order valence-corrected chi connectivity index (χ4v) is 15.5. The van der Waals surface area contributed by atoms with Gasteiger partial charge in [0.15, 0.2) is 12.2 Å². The van der Waals surface area contributed by atoms with Gasteiger partial charge in [0.2, 0.25) is 0 Å². The molecule has 0 amide bonds. The predicted molar refractivity (Wildman–Crippen MR) is 446 cm³/mol. The van der Waals surface area contributed by atoms with Crippen molar-refractivity contribution >= 4 is 39.5 Å². The molecule has 642 valence electrons. The average molecular weight is 1580 g/mol. The first-order valence-corrected chi connectivity index (χ1v) is 49.0. The molecule has 3 N–H and O–H groups in total. The number of esters is 4. The Morgan fingerprint density at radius 1 is 0.250 bits per heavy atom. The van der Waals surface area contributed by atoms with Gasteiger partial charge in [-0.05, 0) is 37.5 Å². The van der Waals surface area contributed by atoms with E-state index >= 15 is 0 Å². The third-order valence-electron chi connectivity index (χ3n) is 21.0. The van der Waals surface area contributed by atoms with Crippen molar-refractivity contribution in [1.82, 2.24) is 0 Å². The molecular weight excluding hydrogens is 1400 g/mol. The van der Waals surface area contributed by atoms with Crippen molar-refractivity contribution in [3.05, 3.63) is 0 Å². The van der Waals surface area contributed by atoms with Gasteiger partial charge in [0.1, 0.15) is 19.3 Å². The molecule has 0 radical (unpaired) electrons. The first kappa shape index (κ1) is 106. The number of carbonyl (C=O) groups is 4. The molecule has 0 aromatic rings. The summed E-state index contributed by atoms with van der Waals surface area (Å²) in [6, 6.07) is 0. The van der Waals surface area contributed by atoms with Crippen LogP contribution in [0.1, 0.15) is 478 Å². The maximum Gasteiger partial charge on any atom is 0.472 e. The number of rotatable bonds is 88. The molecule has 17 nitrogen and oxygen atoms in total. The van der Waals surface area contributed by atoms with E-state index in [0.29, 0.717) is 25.7 Å². The van der Waals surface area contributed by atoms with E-state index in [9.17, 15) is 43.2 Å². The molecule has 0 fully saturated rings. The van der Waals surface area contributed by atoms with Gasteiger partial charge in [-0.15, -0.1) is 0 Å². The maximum atomic E-state index is 13.2. The SMILES string of the molecule is CCCCCCCCCCCCCCCCCCCCCCCC(=O)O[C@H](COC(=O)CCCCCCCCCCCCCCCCCCC(C)C)COP(=O)(O)OC[C@@H](O)COP(=O)(O)OC[C@@H](COC(=O)CCCCCCCCCCC(C)C)OC(=O)CCCCCCCCCCCCCCCCCCC. The summed E-state index contributed by atoms with van der Waals surface area (Å²) in [5, 5.41) is 10.7. The minimum atomic E-state index is -4.97. The molecule has 19 heteroatoms. The van der Waals surface area contributed by atoms with E-state index in [2.05, 4.69) is 41.5 Å². The first-order valence-electron chi connectivity index (χ1n) is 46.0. The number of ether oxygens (including phenoxy) is 4.